The standard InChI is InChI=1S/C25H24O3/c1-28-24(27)22-19-7-3-6-16(19)9-18-12-25(13-21(18)22)11-17-8-14-4-2-5-15(14)10-20(17)23(25)26/h8-10H,2-7,11-13H2,1H3/t25-/m1/s1. The molecule has 0 N–H and O–H groups in total. The van der Waals surface area contributed by atoms with Crippen molar-refractivity contribution in [3.63, 3.8) is 0 Å². The largest absolute Gasteiger partial charge is 0.465 e. The van der Waals surface area contributed by atoms with Gasteiger partial charge in [-0.15, -0.1) is 0 Å². The number of Topliss-reactive ketones (excluding diaryl/α,β-unsaturated/α-hetero) is 1. The van der Waals surface area contributed by atoms with E-state index >= 15 is 0 Å². The fourth-order valence-corrected chi connectivity index (χ4v) is 6.37. The number of methoxy groups -OCH3 is 1. The molecule has 6 rings (SSSR count). The first-order chi connectivity index (χ1) is 13.6. The Labute approximate surface area is 165 Å². The summed E-state index contributed by atoms with van der Waals surface area (Å²) >= 11 is 0. The van der Waals surface area contributed by atoms with E-state index in [2.05, 4.69) is 18.2 Å². The van der Waals surface area contributed by atoms with Crippen LogP contribution in [0.25, 0.3) is 0 Å². The van der Waals surface area contributed by atoms with Crippen LogP contribution in [-0.4, -0.2) is 18.9 Å². The van der Waals surface area contributed by atoms with Crippen LogP contribution in [0.5, 0.6) is 0 Å². The SMILES string of the molecule is COC(=O)c1c2c(cc3c1C[C@@]1(Cc4cc5c(cc4C1=O)CCC5)C3)CCC2. The smallest absolute Gasteiger partial charge is 0.338 e. The molecule has 0 bridgehead atoms. The lowest BCUT2D eigenvalue weighted by Crippen LogP contribution is -2.28. The van der Waals surface area contributed by atoms with Gasteiger partial charge >= 0.3 is 5.97 Å². The van der Waals surface area contributed by atoms with Gasteiger partial charge in [-0.1, -0.05) is 12.1 Å². The summed E-state index contributed by atoms with van der Waals surface area (Å²) in [5.74, 6) is 0.0679. The number of hydrogen-bond donors (Lipinski definition) is 0. The highest BCUT2D eigenvalue weighted by Crippen LogP contribution is 2.50. The molecule has 0 aliphatic heterocycles. The van der Waals surface area contributed by atoms with Gasteiger partial charge in [0.1, 0.15) is 0 Å². The number of fused-ring (bicyclic) bond motifs is 4. The third-order valence-electron chi connectivity index (χ3n) is 7.61. The zero-order valence-corrected chi connectivity index (χ0v) is 16.3. The molecule has 3 heteroatoms. The van der Waals surface area contributed by atoms with Crippen molar-refractivity contribution >= 4 is 11.8 Å². The molecule has 0 amide bonds. The topological polar surface area (TPSA) is 43.4 Å². The molecule has 0 fully saturated rings. The molecule has 2 aromatic rings. The first kappa shape index (κ1) is 16.5. The Balaban J connectivity index is 1.45. The number of benzene rings is 2. The molecular formula is C25H24O3. The monoisotopic (exact) mass is 372 g/mol. The van der Waals surface area contributed by atoms with E-state index in [0.29, 0.717) is 12.2 Å². The van der Waals surface area contributed by atoms with Gasteiger partial charge < -0.3 is 4.74 Å². The first-order valence-electron chi connectivity index (χ1n) is 10.5. The molecule has 0 unspecified atom stereocenters. The number of ether oxygens (including phenoxy) is 1. The van der Waals surface area contributed by atoms with Crippen LogP contribution in [0.15, 0.2) is 18.2 Å². The Bertz CT molecular complexity index is 1080. The normalized spacial score (nSPS) is 23.7. The molecule has 0 aromatic heterocycles. The van der Waals surface area contributed by atoms with Crippen molar-refractivity contribution < 1.29 is 14.3 Å². The van der Waals surface area contributed by atoms with Crippen LogP contribution in [0.3, 0.4) is 0 Å². The minimum absolute atomic E-state index is 0.228. The fourth-order valence-electron chi connectivity index (χ4n) is 6.37. The van der Waals surface area contributed by atoms with E-state index in [1.807, 2.05) is 0 Å². The van der Waals surface area contributed by atoms with Gasteiger partial charge in [-0.25, -0.2) is 4.79 Å². The second-order valence-corrected chi connectivity index (χ2v) is 9.14. The molecule has 0 heterocycles. The number of ketones is 1. The highest BCUT2D eigenvalue weighted by atomic mass is 16.5. The number of hydrogen-bond acceptors (Lipinski definition) is 3. The number of carbonyl (C=O) groups is 2. The summed E-state index contributed by atoms with van der Waals surface area (Å²) in [6.07, 6.45) is 8.78. The van der Waals surface area contributed by atoms with Gasteiger partial charge in [0.15, 0.2) is 5.78 Å². The lowest BCUT2D eigenvalue weighted by atomic mass is 9.80. The molecule has 4 aliphatic carbocycles. The van der Waals surface area contributed by atoms with Crippen LogP contribution < -0.4 is 0 Å². The van der Waals surface area contributed by atoms with Crippen molar-refractivity contribution in [3.05, 3.63) is 68.3 Å². The third kappa shape index (κ3) is 2.05. The van der Waals surface area contributed by atoms with Crippen molar-refractivity contribution in [2.24, 2.45) is 5.41 Å². The van der Waals surface area contributed by atoms with Gasteiger partial charge in [-0.3, -0.25) is 4.79 Å². The number of aryl methyl sites for hydroxylation is 3. The summed E-state index contributed by atoms with van der Waals surface area (Å²) in [5, 5.41) is 0. The summed E-state index contributed by atoms with van der Waals surface area (Å²) in [5.41, 5.74) is 10.1. The Kier molecular flexibility index (Phi) is 3.28. The van der Waals surface area contributed by atoms with E-state index in [9.17, 15) is 9.59 Å². The average Bonchev–Trinajstić information content (AvgIpc) is 3.44. The predicted octanol–water partition coefficient (Wildman–Crippen LogP) is 3.97. The van der Waals surface area contributed by atoms with E-state index in [1.54, 1.807) is 0 Å². The molecule has 142 valence electrons. The molecule has 28 heavy (non-hydrogen) atoms. The maximum atomic E-state index is 13.6. The van der Waals surface area contributed by atoms with Crippen LogP contribution in [0.2, 0.25) is 0 Å². The average molecular weight is 372 g/mol. The first-order valence-corrected chi connectivity index (χ1v) is 10.5. The maximum absolute atomic E-state index is 13.6. The number of carbonyl (C=O) groups excluding carboxylic acids is 2. The van der Waals surface area contributed by atoms with Crippen molar-refractivity contribution in [1.29, 1.82) is 0 Å². The molecule has 0 saturated carbocycles. The summed E-state index contributed by atoms with van der Waals surface area (Å²) < 4.78 is 5.16. The highest BCUT2D eigenvalue weighted by molar-refractivity contribution is 6.06. The quantitative estimate of drug-likeness (QED) is 0.712. The molecule has 0 saturated heterocycles. The van der Waals surface area contributed by atoms with E-state index in [-0.39, 0.29) is 5.97 Å². The molecule has 2 aromatic carbocycles. The summed E-state index contributed by atoms with van der Waals surface area (Å²) in [7, 11) is 1.46. The van der Waals surface area contributed by atoms with Crippen molar-refractivity contribution in [2.45, 2.75) is 57.8 Å². The Morgan fingerprint density at radius 1 is 0.821 bits per heavy atom. The van der Waals surface area contributed by atoms with Crippen molar-refractivity contribution in [3.8, 4) is 0 Å². The van der Waals surface area contributed by atoms with Crippen LogP contribution in [0.1, 0.15) is 72.5 Å². The Morgan fingerprint density at radius 3 is 2.32 bits per heavy atom. The Morgan fingerprint density at radius 2 is 1.50 bits per heavy atom. The van der Waals surface area contributed by atoms with E-state index in [4.69, 9.17) is 4.74 Å². The second kappa shape index (κ2) is 5.56. The maximum Gasteiger partial charge on any atom is 0.338 e. The van der Waals surface area contributed by atoms with Crippen molar-refractivity contribution in [1.82, 2.24) is 0 Å². The molecular weight excluding hydrogens is 348 g/mol. The fraction of sp³-hybridized carbons (Fsp3) is 0.440. The predicted molar refractivity (Wildman–Crippen MR) is 106 cm³/mol. The van der Waals surface area contributed by atoms with Gasteiger partial charge in [0.2, 0.25) is 0 Å². The van der Waals surface area contributed by atoms with Crippen LogP contribution >= 0.6 is 0 Å². The van der Waals surface area contributed by atoms with Crippen LogP contribution in [-0.2, 0) is 49.7 Å². The van der Waals surface area contributed by atoms with Gasteiger partial charge in [-0.2, -0.15) is 0 Å². The summed E-state index contributed by atoms with van der Waals surface area (Å²) in [6.45, 7) is 0. The minimum atomic E-state index is -0.391. The highest BCUT2D eigenvalue weighted by Gasteiger charge is 2.51. The minimum Gasteiger partial charge on any atom is -0.465 e. The number of rotatable bonds is 1. The zero-order chi connectivity index (χ0) is 19.0. The molecule has 3 nitrogen and oxygen atoms in total. The third-order valence-corrected chi connectivity index (χ3v) is 7.61. The van der Waals surface area contributed by atoms with Gasteiger partial charge in [0, 0.05) is 11.0 Å². The van der Waals surface area contributed by atoms with E-state index < -0.39 is 5.41 Å². The molecule has 1 atom stereocenters. The second-order valence-electron chi connectivity index (χ2n) is 9.14. The molecule has 1 spiro atoms. The summed E-state index contributed by atoms with van der Waals surface area (Å²) in [6, 6.07) is 6.77. The Hall–Kier alpha value is -2.42. The van der Waals surface area contributed by atoms with Gasteiger partial charge in [-0.05, 0) is 103 Å². The van der Waals surface area contributed by atoms with E-state index in [0.717, 1.165) is 61.6 Å². The lowest BCUT2D eigenvalue weighted by Gasteiger charge is -2.20. The van der Waals surface area contributed by atoms with E-state index in [1.165, 1.54) is 46.9 Å². The van der Waals surface area contributed by atoms with Gasteiger partial charge in [0.05, 0.1) is 12.7 Å². The zero-order valence-electron chi connectivity index (χ0n) is 16.3. The van der Waals surface area contributed by atoms with Gasteiger partial charge in [0.25, 0.3) is 0 Å². The molecule has 4 aliphatic rings. The summed E-state index contributed by atoms with van der Waals surface area (Å²) in [4.78, 5) is 26.2. The number of esters is 1. The van der Waals surface area contributed by atoms with Crippen LogP contribution in [0, 0.1) is 5.41 Å². The molecule has 0 radical (unpaired) electrons. The van der Waals surface area contributed by atoms with Crippen molar-refractivity contribution in [2.75, 3.05) is 7.11 Å². The van der Waals surface area contributed by atoms with Crippen LogP contribution in [0.4, 0.5) is 0 Å². The lowest BCUT2D eigenvalue weighted by molar-refractivity contribution is 0.0597.